The summed E-state index contributed by atoms with van der Waals surface area (Å²) in [6.45, 7) is 2.17. The first-order valence-corrected chi connectivity index (χ1v) is 10.4. The maximum Gasteiger partial charge on any atom is 0.298 e. The van der Waals surface area contributed by atoms with Gasteiger partial charge in [-0.25, -0.2) is 0 Å². The van der Waals surface area contributed by atoms with Crippen molar-refractivity contribution in [2.24, 2.45) is 0 Å². The summed E-state index contributed by atoms with van der Waals surface area (Å²) in [6.07, 6.45) is 7.42. The number of ether oxygens (including phenoxy) is 1. The van der Waals surface area contributed by atoms with E-state index in [9.17, 15) is 18.1 Å². The summed E-state index contributed by atoms with van der Waals surface area (Å²) >= 11 is 0. The molecule has 0 aliphatic rings. The predicted molar refractivity (Wildman–Crippen MR) is 102 cm³/mol. The van der Waals surface area contributed by atoms with Gasteiger partial charge in [0, 0.05) is 6.07 Å². The van der Waals surface area contributed by atoms with Crippen LogP contribution in [0.5, 0.6) is 17.2 Å². The molecule has 0 amide bonds. The van der Waals surface area contributed by atoms with Gasteiger partial charge in [0.25, 0.3) is 10.1 Å². The molecule has 0 unspecified atom stereocenters. The molecule has 2 aromatic rings. The normalized spacial score (nSPS) is 11.5. The monoisotopic (exact) mass is 378 g/mol. The summed E-state index contributed by atoms with van der Waals surface area (Å²) in [7, 11) is -4.53. The number of hydrogen-bond donors (Lipinski definition) is 2. The molecule has 0 aromatic heterocycles. The van der Waals surface area contributed by atoms with Gasteiger partial charge < -0.3 is 9.84 Å². The number of rotatable bonds is 10. The fraction of sp³-hybridized carbons (Fsp3) is 0.400. The molecule has 26 heavy (non-hydrogen) atoms. The summed E-state index contributed by atoms with van der Waals surface area (Å²) in [5.74, 6) is 0.424. The zero-order valence-corrected chi connectivity index (χ0v) is 15.8. The highest BCUT2D eigenvalue weighted by Crippen LogP contribution is 2.35. The van der Waals surface area contributed by atoms with Crippen molar-refractivity contribution in [3.05, 3.63) is 48.0 Å². The minimum atomic E-state index is -4.53. The van der Waals surface area contributed by atoms with Gasteiger partial charge in [0.15, 0.2) is 0 Å². The van der Waals surface area contributed by atoms with Crippen LogP contribution in [-0.2, 0) is 16.5 Å². The van der Waals surface area contributed by atoms with Crippen molar-refractivity contribution in [3.63, 3.8) is 0 Å². The molecule has 0 fully saturated rings. The minimum absolute atomic E-state index is 0.329. The Morgan fingerprint density at radius 1 is 0.962 bits per heavy atom. The van der Waals surface area contributed by atoms with E-state index in [1.165, 1.54) is 31.4 Å². The van der Waals surface area contributed by atoms with E-state index in [4.69, 9.17) is 4.74 Å². The van der Waals surface area contributed by atoms with Crippen molar-refractivity contribution >= 4 is 10.1 Å². The van der Waals surface area contributed by atoms with Gasteiger partial charge in [-0.05, 0) is 36.6 Å². The largest absolute Gasteiger partial charge is 0.506 e. The molecule has 2 aromatic carbocycles. The minimum Gasteiger partial charge on any atom is -0.506 e. The highest BCUT2D eigenvalue weighted by molar-refractivity contribution is 7.86. The molecule has 0 saturated heterocycles. The molecule has 0 spiro atoms. The Morgan fingerprint density at radius 2 is 1.62 bits per heavy atom. The first-order valence-electron chi connectivity index (χ1n) is 8.98. The number of aryl methyl sites for hydroxylation is 1. The molecule has 2 rings (SSSR count). The Balaban J connectivity index is 2.20. The Labute approximate surface area is 155 Å². The SMILES string of the molecule is CCCCCCCCc1cc(O)c(S(=O)(=O)O)cc1Oc1ccccc1. The Morgan fingerprint density at radius 3 is 2.27 bits per heavy atom. The first kappa shape index (κ1) is 20.3. The van der Waals surface area contributed by atoms with Crippen LogP contribution < -0.4 is 4.74 Å². The Bertz CT molecular complexity index is 800. The molecular formula is C20H26O5S. The topological polar surface area (TPSA) is 83.8 Å². The molecule has 0 aliphatic heterocycles. The van der Waals surface area contributed by atoms with Crippen molar-refractivity contribution in [1.82, 2.24) is 0 Å². The van der Waals surface area contributed by atoms with Crippen molar-refractivity contribution in [3.8, 4) is 17.2 Å². The second-order valence-electron chi connectivity index (χ2n) is 6.34. The van der Waals surface area contributed by atoms with Gasteiger partial charge in [-0.3, -0.25) is 4.55 Å². The number of para-hydroxylation sites is 1. The van der Waals surface area contributed by atoms with Crippen LogP contribution in [-0.4, -0.2) is 18.1 Å². The molecule has 2 N–H and O–H groups in total. The molecule has 0 atom stereocenters. The number of phenols is 1. The number of aromatic hydroxyl groups is 1. The molecule has 0 heterocycles. The van der Waals surface area contributed by atoms with Gasteiger partial charge in [-0.2, -0.15) is 8.42 Å². The Kier molecular flexibility index (Phi) is 7.48. The highest BCUT2D eigenvalue weighted by Gasteiger charge is 2.20. The lowest BCUT2D eigenvalue weighted by molar-refractivity contribution is 0.432. The second-order valence-corrected chi connectivity index (χ2v) is 7.73. The molecule has 5 nitrogen and oxygen atoms in total. The van der Waals surface area contributed by atoms with Gasteiger partial charge in [-0.15, -0.1) is 0 Å². The van der Waals surface area contributed by atoms with E-state index in [0.29, 0.717) is 23.5 Å². The average Bonchev–Trinajstić information content (AvgIpc) is 2.60. The smallest absolute Gasteiger partial charge is 0.298 e. The van der Waals surface area contributed by atoms with Crippen LogP contribution in [0.3, 0.4) is 0 Å². The third kappa shape index (κ3) is 6.04. The van der Waals surface area contributed by atoms with E-state index in [2.05, 4.69) is 6.92 Å². The van der Waals surface area contributed by atoms with Crippen LogP contribution in [0, 0.1) is 0 Å². The Hall–Kier alpha value is -2.05. The lowest BCUT2D eigenvalue weighted by Gasteiger charge is -2.14. The van der Waals surface area contributed by atoms with E-state index in [1.807, 2.05) is 18.2 Å². The van der Waals surface area contributed by atoms with Crippen molar-refractivity contribution in [1.29, 1.82) is 0 Å². The summed E-state index contributed by atoms with van der Waals surface area (Å²) in [5.41, 5.74) is 0.717. The highest BCUT2D eigenvalue weighted by atomic mass is 32.2. The van der Waals surface area contributed by atoms with Gasteiger partial charge >= 0.3 is 0 Å². The maximum absolute atomic E-state index is 11.5. The van der Waals surface area contributed by atoms with Gasteiger partial charge in [0.05, 0.1) is 0 Å². The molecule has 0 bridgehead atoms. The van der Waals surface area contributed by atoms with E-state index >= 15 is 0 Å². The lowest BCUT2D eigenvalue weighted by Crippen LogP contribution is -2.01. The van der Waals surface area contributed by atoms with Crippen LogP contribution in [0.1, 0.15) is 51.0 Å². The predicted octanol–water partition coefficient (Wildman–Crippen LogP) is 5.33. The standard InChI is InChI=1S/C20H26O5S/c1-2-3-4-5-6-8-11-16-14-18(21)20(26(22,23)24)15-19(16)25-17-12-9-7-10-13-17/h7,9-10,12-15,21H,2-6,8,11H2,1H3,(H,22,23,24). The van der Waals surface area contributed by atoms with Crippen LogP contribution in [0.2, 0.25) is 0 Å². The van der Waals surface area contributed by atoms with Gasteiger partial charge in [0.2, 0.25) is 0 Å². The molecule has 0 aliphatic carbocycles. The van der Waals surface area contributed by atoms with Crippen LogP contribution >= 0.6 is 0 Å². The van der Waals surface area contributed by atoms with Crippen LogP contribution in [0.4, 0.5) is 0 Å². The molecule has 0 radical (unpaired) electrons. The number of phenolic OH excluding ortho intramolecular Hbond substituents is 1. The lowest BCUT2D eigenvalue weighted by atomic mass is 10.0. The van der Waals surface area contributed by atoms with Gasteiger partial charge in [-0.1, -0.05) is 57.2 Å². The first-order chi connectivity index (χ1) is 12.4. The third-order valence-corrected chi connectivity index (χ3v) is 5.07. The fourth-order valence-corrected chi connectivity index (χ4v) is 3.38. The quantitative estimate of drug-likeness (QED) is 0.431. The van der Waals surface area contributed by atoms with E-state index in [0.717, 1.165) is 19.3 Å². The van der Waals surface area contributed by atoms with Crippen LogP contribution in [0.15, 0.2) is 47.4 Å². The summed E-state index contributed by atoms with van der Waals surface area (Å²) in [4.78, 5) is -0.546. The molecule has 6 heteroatoms. The number of hydrogen-bond acceptors (Lipinski definition) is 4. The average molecular weight is 378 g/mol. The van der Waals surface area contributed by atoms with E-state index in [1.54, 1.807) is 12.1 Å². The van der Waals surface area contributed by atoms with Crippen molar-refractivity contribution in [2.45, 2.75) is 56.8 Å². The van der Waals surface area contributed by atoms with Crippen LogP contribution in [0.25, 0.3) is 0 Å². The summed E-state index contributed by atoms with van der Waals surface area (Å²) in [6, 6.07) is 11.5. The second kappa shape index (κ2) is 9.59. The van der Waals surface area contributed by atoms with Crippen molar-refractivity contribution in [2.75, 3.05) is 0 Å². The van der Waals surface area contributed by atoms with E-state index in [-0.39, 0.29) is 0 Å². The number of unbranched alkanes of at least 4 members (excludes halogenated alkanes) is 5. The van der Waals surface area contributed by atoms with E-state index < -0.39 is 20.8 Å². The third-order valence-electron chi connectivity index (χ3n) is 4.19. The molecule has 142 valence electrons. The van der Waals surface area contributed by atoms with Gasteiger partial charge in [0.1, 0.15) is 22.1 Å². The zero-order valence-electron chi connectivity index (χ0n) is 15.0. The zero-order chi connectivity index (χ0) is 19.0. The molecule has 0 saturated carbocycles. The summed E-state index contributed by atoms with van der Waals surface area (Å²) in [5, 5.41) is 10.00. The summed E-state index contributed by atoms with van der Waals surface area (Å²) < 4.78 is 38.1. The number of benzene rings is 2. The molecular weight excluding hydrogens is 352 g/mol. The fourth-order valence-electron chi connectivity index (χ4n) is 2.80. The van der Waals surface area contributed by atoms with Crippen molar-refractivity contribution < 1.29 is 22.8 Å². The maximum atomic E-state index is 11.5.